The van der Waals surface area contributed by atoms with E-state index in [4.69, 9.17) is 0 Å². The van der Waals surface area contributed by atoms with E-state index < -0.39 is 0 Å². The standard InChI is InChI=1S/C19H33N3O2.ClH/c1-20-13-15-7-6-12-22(14-15)19(24)17-9-3-2-8-16(17)18(23)21-10-4-5-11-21;/h15-17,20H,2-14H2,1H3;1H. The average Bonchev–Trinajstić information content (AvgIpc) is 3.16. The van der Waals surface area contributed by atoms with Crippen LogP contribution in [0.1, 0.15) is 51.4 Å². The number of rotatable bonds is 4. The molecule has 3 aliphatic rings. The van der Waals surface area contributed by atoms with E-state index in [9.17, 15) is 9.59 Å². The molecule has 1 aliphatic carbocycles. The van der Waals surface area contributed by atoms with Crippen LogP contribution in [-0.4, -0.2) is 61.4 Å². The number of carbonyl (C=O) groups is 2. The summed E-state index contributed by atoms with van der Waals surface area (Å²) in [6.07, 6.45) is 8.52. The Bertz CT molecular complexity index is 452. The molecular weight excluding hydrogens is 338 g/mol. The van der Waals surface area contributed by atoms with Gasteiger partial charge in [-0.15, -0.1) is 12.4 Å². The summed E-state index contributed by atoms with van der Waals surface area (Å²) in [7, 11) is 1.98. The Morgan fingerprint density at radius 3 is 2.00 bits per heavy atom. The minimum Gasteiger partial charge on any atom is -0.342 e. The first-order valence-corrected chi connectivity index (χ1v) is 9.93. The molecule has 144 valence electrons. The van der Waals surface area contributed by atoms with Gasteiger partial charge in [-0.1, -0.05) is 12.8 Å². The SMILES string of the molecule is CNCC1CCCN(C(=O)C2CCCCC2C(=O)N2CCCC2)C1.Cl. The van der Waals surface area contributed by atoms with E-state index in [1.165, 1.54) is 6.42 Å². The zero-order chi connectivity index (χ0) is 16.9. The van der Waals surface area contributed by atoms with Gasteiger partial charge in [0.25, 0.3) is 0 Å². The van der Waals surface area contributed by atoms with Crippen LogP contribution in [0.2, 0.25) is 0 Å². The van der Waals surface area contributed by atoms with Crippen LogP contribution in [0.15, 0.2) is 0 Å². The van der Waals surface area contributed by atoms with Gasteiger partial charge in [-0.2, -0.15) is 0 Å². The molecule has 6 heteroatoms. The summed E-state index contributed by atoms with van der Waals surface area (Å²) in [6.45, 7) is 4.50. The van der Waals surface area contributed by atoms with Crippen LogP contribution in [-0.2, 0) is 9.59 Å². The Kier molecular flexibility index (Phi) is 8.01. The molecule has 3 unspecified atom stereocenters. The van der Waals surface area contributed by atoms with E-state index in [-0.39, 0.29) is 36.1 Å². The maximum Gasteiger partial charge on any atom is 0.226 e. The van der Waals surface area contributed by atoms with E-state index in [0.29, 0.717) is 5.92 Å². The predicted molar refractivity (Wildman–Crippen MR) is 102 cm³/mol. The number of amides is 2. The number of nitrogens with zero attached hydrogens (tertiary/aromatic N) is 2. The van der Waals surface area contributed by atoms with Crippen molar-refractivity contribution in [3.8, 4) is 0 Å². The van der Waals surface area contributed by atoms with Crippen LogP contribution in [0.25, 0.3) is 0 Å². The first-order valence-electron chi connectivity index (χ1n) is 9.93. The normalized spacial score (nSPS) is 30.0. The fourth-order valence-electron chi connectivity index (χ4n) is 4.85. The third-order valence-corrected chi connectivity index (χ3v) is 6.14. The first-order chi connectivity index (χ1) is 11.7. The molecule has 2 aliphatic heterocycles. The fraction of sp³-hybridized carbons (Fsp3) is 0.895. The van der Waals surface area contributed by atoms with Gasteiger partial charge >= 0.3 is 0 Å². The highest BCUT2D eigenvalue weighted by atomic mass is 35.5. The van der Waals surface area contributed by atoms with Crippen LogP contribution in [0, 0.1) is 17.8 Å². The molecular formula is C19H34ClN3O2. The molecule has 5 nitrogen and oxygen atoms in total. The molecule has 2 amide bonds. The van der Waals surface area contributed by atoms with Gasteiger partial charge in [-0.3, -0.25) is 9.59 Å². The molecule has 0 aromatic rings. The summed E-state index contributed by atoms with van der Waals surface area (Å²) in [4.78, 5) is 30.1. The van der Waals surface area contributed by atoms with Crippen LogP contribution < -0.4 is 5.32 Å². The van der Waals surface area contributed by atoms with Gasteiger partial charge in [0, 0.05) is 38.0 Å². The highest BCUT2D eigenvalue weighted by Crippen LogP contribution is 2.34. The highest BCUT2D eigenvalue weighted by molar-refractivity contribution is 5.88. The van der Waals surface area contributed by atoms with Gasteiger partial charge in [0.1, 0.15) is 0 Å². The van der Waals surface area contributed by atoms with Gasteiger partial charge in [-0.25, -0.2) is 0 Å². The summed E-state index contributed by atoms with van der Waals surface area (Å²) in [5, 5.41) is 3.24. The number of likely N-dealkylation sites (tertiary alicyclic amines) is 2. The summed E-state index contributed by atoms with van der Waals surface area (Å²) in [5.41, 5.74) is 0. The van der Waals surface area contributed by atoms with Gasteiger partial charge in [0.2, 0.25) is 11.8 Å². The third-order valence-electron chi connectivity index (χ3n) is 6.14. The quantitative estimate of drug-likeness (QED) is 0.824. The van der Waals surface area contributed by atoms with E-state index in [2.05, 4.69) is 10.2 Å². The van der Waals surface area contributed by atoms with E-state index in [0.717, 1.165) is 77.7 Å². The summed E-state index contributed by atoms with van der Waals surface area (Å²) in [5.74, 6) is 0.945. The Balaban J connectivity index is 0.00000225. The van der Waals surface area contributed by atoms with Crippen molar-refractivity contribution in [2.75, 3.05) is 39.8 Å². The molecule has 0 aromatic heterocycles. The Labute approximate surface area is 158 Å². The molecule has 0 radical (unpaired) electrons. The smallest absolute Gasteiger partial charge is 0.226 e. The monoisotopic (exact) mass is 371 g/mol. The highest BCUT2D eigenvalue weighted by Gasteiger charge is 2.40. The van der Waals surface area contributed by atoms with Crippen molar-refractivity contribution in [2.24, 2.45) is 17.8 Å². The van der Waals surface area contributed by atoms with Crippen LogP contribution in [0.3, 0.4) is 0 Å². The molecule has 2 heterocycles. The summed E-state index contributed by atoms with van der Waals surface area (Å²) < 4.78 is 0. The van der Waals surface area contributed by atoms with E-state index in [1.54, 1.807) is 0 Å². The molecule has 3 fully saturated rings. The van der Waals surface area contributed by atoms with Gasteiger partial charge in [-0.05, 0) is 58.0 Å². The van der Waals surface area contributed by atoms with E-state index in [1.807, 2.05) is 11.9 Å². The molecule has 0 aromatic carbocycles. The second-order valence-corrected chi connectivity index (χ2v) is 7.88. The van der Waals surface area contributed by atoms with E-state index >= 15 is 0 Å². The second kappa shape index (κ2) is 9.77. The number of hydrogen-bond acceptors (Lipinski definition) is 3. The molecule has 3 atom stereocenters. The largest absolute Gasteiger partial charge is 0.342 e. The number of nitrogens with one attached hydrogen (secondary N) is 1. The van der Waals surface area contributed by atoms with Crippen molar-refractivity contribution in [1.29, 1.82) is 0 Å². The predicted octanol–water partition coefficient (Wildman–Crippen LogP) is 2.30. The lowest BCUT2D eigenvalue weighted by Gasteiger charge is -2.39. The van der Waals surface area contributed by atoms with Crippen molar-refractivity contribution in [3.63, 3.8) is 0 Å². The lowest BCUT2D eigenvalue weighted by atomic mass is 9.77. The second-order valence-electron chi connectivity index (χ2n) is 7.88. The maximum absolute atomic E-state index is 13.2. The lowest BCUT2D eigenvalue weighted by Crippen LogP contribution is -2.49. The zero-order valence-corrected chi connectivity index (χ0v) is 16.4. The Hall–Kier alpha value is -0.810. The number of carbonyl (C=O) groups excluding carboxylic acids is 2. The van der Waals surface area contributed by atoms with Gasteiger partial charge in [0.05, 0.1) is 0 Å². The van der Waals surface area contributed by atoms with Crippen molar-refractivity contribution in [2.45, 2.75) is 51.4 Å². The molecule has 0 bridgehead atoms. The summed E-state index contributed by atoms with van der Waals surface area (Å²) in [6, 6.07) is 0. The molecule has 1 saturated carbocycles. The maximum atomic E-state index is 13.2. The number of hydrogen-bond donors (Lipinski definition) is 1. The van der Waals surface area contributed by atoms with Crippen molar-refractivity contribution < 1.29 is 9.59 Å². The van der Waals surface area contributed by atoms with Crippen molar-refractivity contribution >= 4 is 24.2 Å². The van der Waals surface area contributed by atoms with Crippen LogP contribution in [0.4, 0.5) is 0 Å². The van der Waals surface area contributed by atoms with Crippen molar-refractivity contribution in [3.05, 3.63) is 0 Å². The topological polar surface area (TPSA) is 52.7 Å². The summed E-state index contributed by atoms with van der Waals surface area (Å²) >= 11 is 0. The third kappa shape index (κ3) is 4.88. The minimum atomic E-state index is -0.0693. The van der Waals surface area contributed by atoms with Gasteiger partial charge < -0.3 is 15.1 Å². The van der Waals surface area contributed by atoms with Gasteiger partial charge in [0.15, 0.2) is 0 Å². The fourth-order valence-corrected chi connectivity index (χ4v) is 4.85. The van der Waals surface area contributed by atoms with Crippen LogP contribution in [0.5, 0.6) is 0 Å². The molecule has 1 N–H and O–H groups in total. The molecule has 2 saturated heterocycles. The molecule has 0 spiro atoms. The molecule has 3 rings (SSSR count). The van der Waals surface area contributed by atoms with Crippen molar-refractivity contribution in [1.82, 2.24) is 15.1 Å². The first kappa shape index (κ1) is 20.5. The number of piperidine rings is 1. The lowest BCUT2D eigenvalue weighted by molar-refractivity contribution is -0.148. The molecule has 25 heavy (non-hydrogen) atoms. The number of halogens is 1. The minimum absolute atomic E-state index is 0. The average molecular weight is 372 g/mol. The Morgan fingerprint density at radius 1 is 0.840 bits per heavy atom. The zero-order valence-electron chi connectivity index (χ0n) is 15.5. The Morgan fingerprint density at radius 2 is 1.40 bits per heavy atom. The van der Waals surface area contributed by atoms with Crippen LogP contribution >= 0.6 is 12.4 Å².